The fourth-order valence-corrected chi connectivity index (χ4v) is 3.07. The molecule has 2 amide bonds. The molecule has 0 fully saturated rings. The van der Waals surface area contributed by atoms with Crippen LogP contribution in [-0.4, -0.2) is 29.3 Å². The van der Waals surface area contributed by atoms with Crippen molar-refractivity contribution >= 4 is 23.4 Å². The highest BCUT2D eigenvalue weighted by molar-refractivity contribution is 6.30. The Hall–Kier alpha value is -2.33. The summed E-state index contributed by atoms with van der Waals surface area (Å²) in [4.78, 5) is 27.4. The van der Waals surface area contributed by atoms with E-state index < -0.39 is 6.04 Å². The highest BCUT2D eigenvalue weighted by Crippen LogP contribution is 2.16. The maximum Gasteiger partial charge on any atom is 0.242 e. The SMILES string of the molecule is CCCNC(=O)[C@@H](CC)N(Cc1ccc(Cl)cc1)C(=O)Cc1ccccc1. The van der Waals surface area contributed by atoms with E-state index in [1.54, 1.807) is 17.0 Å². The van der Waals surface area contributed by atoms with Gasteiger partial charge in [0.25, 0.3) is 0 Å². The van der Waals surface area contributed by atoms with Crippen molar-refractivity contribution in [2.45, 2.75) is 45.7 Å². The van der Waals surface area contributed by atoms with Gasteiger partial charge in [0.2, 0.25) is 11.8 Å². The molecule has 0 spiro atoms. The molecule has 0 unspecified atom stereocenters. The van der Waals surface area contributed by atoms with Crippen molar-refractivity contribution < 1.29 is 9.59 Å². The van der Waals surface area contributed by atoms with Crippen LogP contribution < -0.4 is 5.32 Å². The summed E-state index contributed by atoms with van der Waals surface area (Å²) < 4.78 is 0. The van der Waals surface area contributed by atoms with Crippen molar-refractivity contribution in [2.24, 2.45) is 0 Å². The van der Waals surface area contributed by atoms with Gasteiger partial charge in [-0.1, -0.05) is 67.9 Å². The Morgan fingerprint density at radius 2 is 1.67 bits per heavy atom. The Balaban J connectivity index is 2.23. The Labute approximate surface area is 166 Å². The van der Waals surface area contributed by atoms with E-state index in [0.29, 0.717) is 24.5 Å². The Bertz CT molecular complexity index is 732. The Kier molecular flexibility index (Phi) is 8.34. The molecule has 0 bridgehead atoms. The third-order valence-electron chi connectivity index (χ3n) is 4.40. The number of hydrogen-bond acceptors (Lipinski definition) is 2. The summed E-state index contributed by atoms with van der Waals surface area (Å²) in [6.45, 7) is 4.92. The van der Waals surface area contributed by atoms with Gasteiger partial charge in [-0.25, -0.2) is 0 Å². The van der Waals surface area contributed by atoms with Crippen molar-refractivity contribution in [2.75, 3.05) is 6.54 Å². The molecule has 5 heteroatoms. The molecule has 0 radical (unpaired) electrons. The van der Waals surface area contributed by atoms with E-state index >= 15 is 0 Å². The van der Waals surface area contributed by atoms with Crippen molar-refractivity contribution in [3.05, 3.63) is 70.7 Å². The minimum Gasteiger partial charge on any atom is -0.354 e. The number of nitrogens with zero attached hydrogens (tertiary/aromatic N) is 1. The Morgan fingerprint density at radius 1 is 1.00 bits per heavy atom. The molecule has 0 aromatic heterocycles. The maximum atomic E-state index is 13.1. The molecule has 4 nitrogen and oxygen atoms in total. The van der Waals surface area contributed by atoms with Crippen LogP contribution in [0.3, 0.4) is 0 Å². The van der Waals surface area contributed by atoms with E-state index in [-0.39, 0.29) is 18.2 Å². The Morgan fingerprint density at radius 3 is 2.26 bits per heavy atom. The number of halogens is 1. The maximum absolute atomic E-state index is 13.1. The van der Waals surface area contributed by atoms with Crippen LogP contribution in [0.4, 0.5) is 0 Å². The summed E-state index contributed by atoms with van der Waals surface area (Å²) in [5, 5.41) is 3.57. The molecule has 0 saturated heterocycles. The molecule has 0 heterocycles. The topological polar surface area (TPSA) is 49.4 Å². The first-order valence-electron chi connectivity index (χ1n) is 9.40. The van der Waals surface area contributed by atoms with Crippen LogP contribution >= 0.6 is 11.6 Å². The van der Waals surface area contributed by atoms with Crippen molar-refractivity contribution in [3.63, 3.8) is 0 Å². The lowest BCUT2D eigenvalue weighted by Crippen LogP contribution is -2.49. The number of carbonyl (C=O) groups excluding carboxylic acids is 2. The van der Waals surface area contributed by atoms with Gasteiger partial charge >= 0.3 is 0 Å². The van der Waals surface area contributed by atoms with Crippen LogP contribution in [0.5, 0.6) is 0 Å². The normalized spacial score (nSPS) is 11.7. The summed E-state index contributed by atoms with van der Waals surface area (Å²) in [5.74, 6) is -0.163. The summed E-state index contributed by atoms with van der Waals surface area (Å²) in [7, 11) is 0. The van der Waals surface area contributed by atoms with Crippen molar-refractivity contribution in [1.82, 2.24) is 10.2 Å². The third kappa shape index (κ3) is 6.40. The molecule has 144 valence electrons. The molecule has 1 N–H and O–H groups in total. The lowest BCUT2D eigenvalue weighted by Gasteiger charge is -2.30. The zero-order valence-corrected chi connectivity index (χ0v) is 16.7. The molecule has 0 aliphatic rings. The van der Waals surface area contributed by atoms with Gasteiger partial charge in [0.1, 0.15) is 6.04 Å². The molecule has 2 rings (SSSR count). The van der Waals surface area contributed by atoms with Gasteiger partial charge in [-0.05, 0) is 36.1 Å². The van der Waals surface area contributed by atoms with Gasteiger partial charge in [0.15, 0.2) is 0 Å². The quantitative estimate of drug-likeness (QED) is 0.701. The van der Waals surface area contributed by atoms with Crippen LogP contribution in [0.25, 0.3) is 0 Å². The molecule has 2 aromatic rings. The summed E-state index contributed by atoms with van der Waals surface area (Å²) >= 11 is 5.97. The largest absolute Gasteiger partial charge is 0.354 e. The van der Waals surface area contributed by atoms with Crippen LogP contribution in [-0.2, 0) is 22.6 Å². The van der Waals surface area contributed by atoms with Gasteiger partial charge in [-0.15, -0.1) is 0 Å². The average molecular weight is 387 g/mol. The van der Waals surface area contributed by atoms with Crippen LogP contribution in [0.2, 0.25) is 5.02 Å². The van der Waals surface area contributed by atoms with Crippen LogP contribution in [0.1, 0.15) is 37.8 Å². The number of rotatable bonds is 9. The second-order valence-corrected chi connectivity index (χ2v) is 6.96. The van der Waals surface area contributed by atoms with Gasteiger partial charge in [0, 0.05) is 18.1 Å². The molecule has 1 atom stereocenters. The van der Waals surface area contributed by atoms with E-state index in [0.717, 1.165) is 17.5 Å². The zero-order valence-electron chi connectivity index (χ0n) is 16.0. The van der Waals surface area contributed by atoms with E-state index in [4.69, 9.17) is 11.6 Å². The van der Waals surface area contributed by atoms with Gasteiger partial charge in [-0.3, -0.25) is 9.59 Å². The second kappa shape index (κ2) is 10.7. The van der Waals surface area contributed by atoms with Gasteiger partial charge < -0.3 is 10.2 Å². The number of nitrogens with one attached hydrogen (secondary N) is 1. The first kappa shape index (κ1) is 21.0. The zero-order chi connectivity index (χ0) is 19.6. The van der Waals surface area contributed by atoms with Crippen molar-refractivity contribution in [1.29, 1.82) is 0 Å². The average Bonchev–Trinajstić information content (AvgIpc) is 2.68. The number of hydrogen-bond donors (Lipinski definition) is 1. The van der Waals surface area contributed by atoms with Gasteiger partial charge in [0.05, 0.1) is 6.42 Å². The first-order chi connectivity index (χ1) is 13.0. The number of amides is 2. The fraction of sp³-hybridized carbons (Fsp3) is 0.364. The van der Waals surface area contributed by atoms with Crippen molar-refractivity contribution in [3.8, 4) is 0 Å². The molecule has 27 heavy (non-hydrogen) atoms. The van der Waals surface area contributed by atoms with E-state index in [2.05, 4.69) is 5.32 Å². The first-order valence-corrected chi connectivity index (χ1v) is 9.78. The molecule has 2 aromatic carbocycles. The smallest absolute Gasteiger partial charge is 0.242 e. The number of carbonyl (C=O) groups is 2. The van der Waals surface area contributed by atoms with E-state index in [1.165, 1.54) is 0 Å². The standard InChI is InChI=1S/C22H27ClN2O2/c1-3-14-24-22(27)20(4-2)25(16-18-10-12-19(23)13-11-18)21(26)15-17-8-6-5-7-9-17/h5-13,20H,3-4,14-16H2,1-2H3,(H,24,27)/t20-/m1/s1. The summed E-state index contributed by atoms with van der Waals surface area (Å²) in [5.41, 5.74) is 1.88. The van der Waals surface area contributed by atoms with Crippen LogP contribution in [0.15, 0.2) is 54.6 Å². The third-order valence-corrected chi connectivity index (χ3v) is 4.65. The minimum atomic E-state index is -0.497. The highest BCUT2D eigenvalue weighted by Gasteiger charge is 2.28. The second-order valence-electron chi connectivity index (χ2n) is 6.53. The number of benzene rings is 2. The summed E-state index contributed by atoms with van der Waals surface area (Å²) in [6.07, 6.45) is 1.69. The monoisotopic (exact) mass is 386 g/mol. The highest BCUT2D eigenvalue weighted by atomic mass is 35.5. The minimum absolute atomic E-state index is 0.0605. The molecular formula is C22H27ClN2O2. The van der Waals surface area contributed by atoms with Crippen LogP contribution in [0, 0.1) is 0 Å². The molecule has 0 aliphatic heterocycles. The predicted molar refractivity (Wildman–Crippen MR) is 110 cm³/mol. The fourth-order valence-electron chi connectivity index (χ4n) is 2.94. The molecular weight excluding hydrogens is 360 g/mol. The van der Waals surface area contributed by atoms with Gasteiger partial charge in [-0.2, -0.15) is 0 Å². The lowest BCUT2D eigenvalue weighted by atomic mass is 10.1. The van der Waals surface area contributed by atoms with E-state index in [1.807, 2.05) is 56.3 Å². The summed E-state index contributed by atoms with van der Waals surface area (Å²) in [6, 6.07) is 16.5. The molecule has 0 aliphatic carbocycles. The predicted octanol–water partition coefficient (Wildman–Crippen LogP) is 4.22. The van der Waals surface area contributed by atoms with E-state index in [9.17, 15) is 9.59 Å². The molecule has 0 saturated carbocycles. The lowest BCUT2D eigenvalue weighted by molar-refractivity contribution is -0.140.